The minimum Gasteiger partial charge on any atom is -0.358 e. The molecule has 0 bridgehead atoms. The second kappa shape index (κ2) is 18.7. The van der Waals surface area contributed by atoms with E-state index in [-0.39, 0.29) is 7.43 Å². The molecule has 0 amide bonds. The van der Waals surface area contributed by atoms with Crippen molar-refractivity contribution in [1.82, 2.24) is 0 Å². The molecule has 0 aromatic heterocycles. The van der Waals surface area contributed by atoms with Crippen LogP contribution in [0, 0.1) is 13.3 Å². The molecule has 1 fully saturated rings. The SMILES string of the molecule is CO.C[N-]C(C)CCC1CCCC1.C[N]=[V+2].[CH3-]. The number of hydrogen-bond donors (Lipinski definition) is 1. The molecule has 0 radical (unpaired) electrons. The van der Waals surface area contributed by atoms with Gasteiger partial charge in [-0.15, -0.1) is 6.04 Å². The van der Waals surface area contributed by atoms with Crippen LogP contribution >= 0.6 is 0 Å². The van der Waals surface area contributed by atoms with Crippen molar-refractivity contribution in [2.75, 3.05) is 21.2 Å². The van der Waals surface area contributed by atoms with Crippen LogP contribution in [0.1, 0.15) is 45.4 Å². The summed E-state index contributed by atoms with van der Waals surface area (Å²) in [4.78, 5) is 0. The fourth-order valence-electron chi connectivity index (χ4n) is 1.91. The molecule has 0 aromatic rings. The molecule has 1 aliphatic rings. The number of rotatable bonds is 4. The largest absolute Gasteiger partial charge is 0.358 e. The van der Waals surface area contributed by atoms with Gasteiger partial charge >= 0.3 is 28.1 Å². The van der Waals surface area contributed by atoms with Crippen LogP contribution in [0.3, 0.4) is 0 Å². The third kappa shape index (κ3) is 16.3. The Morgan fingerprint density at radius 2 is 1.76 bits per heavy atom. The normalized spacial score (nSPS) is 15.7. The Balaban J connectivity index is -0.000000286. The first kappa shape index (κ1) is 22.5. The van der Waals surface area contributed by atoms with E-state index in [4.69, 9.17) is 5.11 Å². The van der Waals surface area contributed by atoms with Gasteiger partial charge < -0.3 is 17.8 Å². The van der Waals surface area contributed by atoms with Gasteiger partial charge in [0.2, 0.25) is 0 Å². The molecule has 0 spiro atoms. The number of aliphatic hydroxyl groups is 1. The summed E-state index contributed by atoms with van der Waals surface area (Å²) in [6.45, 7) is 2.22. The Bertz CT molecular complexity index is 139. The van der Waals surface area contributed by atoms with E-state index in [0.29, 0.717) is 6.04 Å². The van der Waals surface area contributed by atoms with E-state index in [9.17, 15) is 0 Å². The monoisotopic (exact) mass is 281 g/mol. The van der Waals surface area contributed by atoms with Crippen molar-refractivity contribution in [2.24, 2.45) is 9.71 Å². The van der Waals surface area contributed by atoms with E-state index in [1.807, 2.05) is 7.05 Å². The molecule has 0 saturated heterocycles. The molecule has 4 heteroatoms. The molecular weight excluding hydrogens is 251 g/mol. The molecule has 17 heavy (non-hydrogen) atoms. The first-order chi connectivity index (χ1) is 7.74. The van der Waals surface area contributed by atoms with Crippen molar-refractivity contribution in [3.63, 3.8) is 0 Å². The van der Waals surface area contributed by atoms with Gasteiger partial charge in [0.15, 0.2) is 0 Å². The average molecular weight is 281 g/mol. The second-order valence-corrected chi connectivity index (χ2v) is 4.66. The molecule has 1 aliphatic carbocycles. The summed E-state index contributed by atoms with van der Waals surface area (Å²) in [7, 11) is 4.65. The van der Waals surface area contributed by atoms with Crippen molar-refractivity contribution in [3.05, 3.63) is 12.7 Å². The molecule has 1 atom stereocenters. The van der Waals surface area contributed by atoms with Crippen molar-refractivity contribution in [3.8, 4) is 0 Å². The molecule has 103 valence electrons. The Morgan fingerprint density at radius 1 is 1.35 bits per heavy atom. The zero-order valence-electron chi connectivity index (χ0n) is 12.2. The van der Waals surface area contributed by atoms with E-state index in [1.54, 1.807) is 7.05 Å². The van der Waals surface area contributed by atoms with Crippen molar-refractivity contribution in [1.29, 1.82) is 0 Å². The van der Waals surface area contributed by atoms with Crippen LogP contribution in [-0.2, 0) is 17.2 Å². The van der Waals surface area contributed by atoms with Crippen LogP contribution in [0.25, 0.3) is 5.32 Å². The first-order valence-electron chi connectivity index (χ1n) is 6.01. The molecular formula is C13H30N2OV. The third-order valence-corrected chi connectivity index (χ3v) is 2.91. The van der Waals surface area contributed by atoms with Gasteiger partial charge in [0.1, 0.15) is 0 Å². The van der Waals surface area contributed by atoms with Gasteiger partial charge in [-0.05, 0) is 5.92 Å². The first-order valence-corrected chi connectivity index (χ1v) is 6.63. The smallest absolute Gasteiger partial charge is 0.358 e. The minimum atomic E-state index is 0. The molecule has 0 aliphatic heterocycles. The molecule has 0 heterocycles. The molecule has 3 nitrogen and oxygen atoms in total. The summed E-state index contributed by atoms with van der Waals surface area (Å²) in [5.74, 6) is 1.04. The fourth-order valence-corrected chi connectivity index (χ4v) is 1.91. The maximum Gasteiger partial charge on any atom is -0.358 e. The van der Waals surface area contributed by atoms with Crippen LogP contribution in [0.15, 0.2) is 3.79 Å². The summed E-state index contributed by atoms with van der Waals surface area (Å²) >= 11 is 2.09. The standard InChI is InChI=1S/C10H20N.CH3N.CH4O.CH3.V/c1-9(11-2)7-8-10-5-3-4-6-10;2*1-2;;/h9-10H,3-8H2,1-2H3;1H3;2H,1H3;1H3;/q-1;;;-1;+2. The zero-order chi connectivity index (χ0) is 12.8. The summed E-state index contributed by atoms with van der Waals surface area (Å²) in [6, 6.07) is 0.593. The van der Waals surface area contributed by atoms with Crippen LogP contribution in [0.5, 0.6) is 0 Å². The van der Waals surface area contributed by atoms with Crippen LogP contribution < -0.4 is 0 Å². The predicted octanol–water partition coefficient (Wildman–Crippen LogP) is 3.75. The van der Waals surface area contributed by atoms with Crippen molar-refractivity contribution >= 4 is 0 Å². The van der Waals surface area contributed by atoms with E-state index < -0.39 is 0 Å². The van der Waals surface area contributed by atoms with Gasteiger partial charge in [0.25, 0.3) is 0 Å². The van der Waals surface area contributed by atoms with E-state index in [2.05, 4.69) is 33.3 Å². The molecule has 1 N–H and O–H groups in total. The van der Waals surface area contributed by atoms with E-state index in [1.165, 1.54) is 38.5 Å². The molecule has 1 saturated carbocycles. The number of aliphatic hydroxyl groups excluding tert-OH is 1. The van der Waals surface area contributed by atoms with Crippen molar-refractivity contribution < 1.29 is 22.3 Å². The Hall–Kier alpha value is 0.304. The molecule has 1 rings (SSSR count). The minimum absolute atomic E-state index is 0. The predicted molar refractivity (Wildman–Crippen MR) is 72.8 cm³/mol. The Labute approximate surface area is 118 Å². The van der Waals surface area contributed by atoms with Crippen LogP contribution in [-0.4, -0.2) is 32.4 Å². The number of nitrogens with zero attached hydrogens (tertiary/aromatic N) is 2. The maximum absolute atomic E-state index is 7.00. The zero-order valence-corrected chi connectivity index (χ0v) is 13.6. The summed E-state index contributed by atoms with van der Waals surface area (Å²) in [6.07, 6.45) is 8.64. The molecule has 1 unspecified atom stereocenters. The van der Waals surface area contributed by atoms with Crippen molar-refractivity contribution in [2.45, 2.75) is 51.5 Å². The third-order valence-electron chi connectivity index (χ3n) is 2.91. The van der Waals surface area contributed by atoms with Gasteiger partial charge in [-0.2, -0.15) is 7.05 Å². The van der Waals surface area contributed by atoms with Gasteiger partial charge in [0.05, 0.1) is 0 Å². The Kier molecular flexibility index (Phi) is 24.7. The molecule has 0 aromatic carbocycles. The Morgan fingerprint density at radius 3 is 2.12 bits per heavy atom. The summed E-state index contributed by atoms with van der Waals surface area (Å²) in [5, 5.41) is 11.2. The van der Waals surface area contributed by atoms with Gasteiger partial charge in [-0.25, -0.2) is 0 Å². The summed E-state index contributed by atoms with van der Waals surface area (Å²) < 4.78 is 3.44. The topological polar surface area (TPSA) is 46.7 Å². The number of hydrogen-bond acceptors (Lipinski definition) is 2. The van der Waals surface area contributed by atoms with Gasteiger partial charge in [0, 0.05) is 7.11 Å². The maximum atomic E-state index is 7.00. The van der Waals surface area contributed by atoms with E-state index >= 15 is 0 Å². The van der Waals surface area contributed by atoms with E-state index in [0.717, 1.165) is 13.0 Å². The second-order valence-electron chi connectivity index (χ2n) is 4.04. The quantitative estimate of drug-likeness (QED) is 0.784. The van der Waals surface area contributed by atoms with Crippen LogP contribution in [0.2, 0.25) is 0 Å². The van der Waals surface area contributed by atoms with Gasteiger partial charge in [-0.1, -0.05) is 45.4 Å². The fraction of sp³-hybridized carbons (Fsp3) is 0.923. The van der Waals surface area contributed by atoms with Crippen LogP contribution in [0.4, 0.5) is 0 Å². The van der Waals surface area contributed by atoms with Gasteiger partial charge in [-0.3, -0.25) is 0 Å². The average Bonchev–Trinajstić information content (AvgIpc) is 2.82. The summed E-state index contributed by atoms with van der Waals surface area (Å²) in [5.41, 5.74) is 0.